The van der Waals surface area contributed by atoms with E-state index in [2.05, 4.69) is 324 Å². The molecule has 11 aromatic carbocycles. The molecule has 376 valence electrons. The van der Waals surface area contributed by atoms with Crippen LogP contribution in [0, 0.1) is 0 Å². The molecule has 0 N–H and O–H groups in total. The average Bonchev–Trinajstić information content (AvgIpc) is 3.47. The molecule has 0 fully saturated rings. The maximum Gasteiger partial charge on any atom is 0.0618 e. The van der Waals surface area contributed by atoms with Crippen LogP contribution in [0.1, 0.15) is 52.7 Å². The van der Waals surface area contributed by atoms with Gasteiger partial charge in [-0.15, -0.1) is 0 Å². The molecule has 0 bridgehead atoms. The van der Waals surface area contributed by atoms with E-state index in [1.165, 1.54) is 11.1 Å². The Labute approximate surface area is 461 Å². The fraction of sp³-hybridized carbons (Fsp3) is 0.108. The Hall–Kier alpha value is -8.69. The average molecular weight is 1020 g/mol. The summed E-state index contributed by atoms with van der Waals surface area (Å²) in [4.78, 5) is 4.88. The predicted molar refractivity (Wildman–Crippen MR) is 331 cm³/mol. The van der Waals surface area contributed by atoms with E-state index in [1.54, 1.807) is 0 Å². The van der Waals surface area contributed by atoms with E-state index in [9.17, 15) is 0 Å². The fourth-order valence-electron chi connectivity index (χ4n) is 10.5. The number of benzene rings is 11. The van der Waals surface area contributed by atoms with E-state index >= 15 is 0 Å². The van der Waals surface area contributed by atoms with Gasteiger partial charge in [-0.3, -0.25) is 0 Å². The molecule has 0 aliphatic carbocycles. The number of rotatable bonds is 12. The van der Waals surface area contributed by atoms with Gasteiger partial charge in [-0.1, -0.05) is 259 Å². The van der Waals surface area contributed by atoms with Crippen molar-refractivity contribution in [1.82, 2.24) is 0 Å². The Morgan fingerprint density at radius 2 is 0.481 bits per heavy atom. The second-order valence-corrected chi connectivity index (χ2v) is 22.4. The van der Waals surface area contributed by atoms with Crippen LogP contribution in [0.15, 0.2) is 273 Å². The van der Waals surface area contributed by atoms with Gasteiger partial charge >= 0.3 is 0 Å². The monoisotopic (exact) mass is 1010 g/mol. The number of halogens is 1. The minimum absolute atomic E-state index is 0.150. The lowest BCUT2D eigenvalue weighted by molar-refractivity contribution is 0.590. The summed E-state index contributed by atoms with van der Waals surface area (Å²) in [5.74, 6) is 0. The molecule has 0 atom stereocenters. The van der Waals surface area contributed by atoms with Gasteiger partial charge in [0.25, 0.3) is 0 Å². The molecule has 2 nitrogen and oxygen atoms in total. The van der Waals surface area contributed by atoms with Crippen molar-refractivity contribution in [2.45, 2.75) is 52.4 Å². The van der Waals surface area contributed by atoms with Crippen LogP contribution < -0.4 is 9.80 Å². The molecule has 0 aliphatic rings. The van der Waals surface area contributed by atoms with Crippen LogP contribution in [-0.4, -0.2) is 0 Å². The highest BCUT2D eigenvalue weighted by Gasteiger charge is 2.30. The molecule has 0 aliphatic heterocycles. The Morgan fingerprint density at radius 1 is 0.247 bits per heavy atom. The van der Waals surface area contributed by atoms with Crippen molar-refractivity contribution >= 4 is 45.7 Å². The van der Waals surface area contributed by atoms with Gasteiger partial charge in [-0.05, 0) is 133 Å². The summed E-state index contributed by atoms with van der Waals surface area (Å²) in [5, 5.41) is 0.608. The molecule has 11 rings (SSSR count). The fourth-order valence-corrected chi connectivity index (χ4v) is 10.7. The molecular weight excluding hydrogens is 952 g/mol. The quantitative estimate of drug-likeness (QED) is 0.120. The molecule has 11 aromatic rings. The third kappa shape index (κ3) is 10.8. The molecule has 0 spiro atoms. The Balaban J connectivity index is 1.24. The van der Waals surface area contributed by atoms with Crippen molar-refractivity contribution in [3.63, 3.8) is 0 Å². The summed E-state index contributed by atoms with van der Waals surface area (Å²) in [6.07, 6.45) is 0. The Morgan fingerprint density at radius 3 is 0.727 bits per heavy atom. The third-order valence-corrected chi connectivity index (χ3v) is 14.8. The number of hydrogen-bond donors (Lipinski definition) is 0. The van der Waals surface area contributed by atoms with E-state index < -0.39 is 0 Å². The van der Waals surface area contributed by atoms with Crippen molar-refractivity contribution in [3.8, 4) is 66.8 Å². The maximum absolute atomic E-state index is 7.74. The summed E-state index contributed by atoms with van der Waals surface area (Å²) >= 11 is 7.74. The summed E-state index contributed by atoms with van der Waals surface area (Å²) in [6.45, 7) is 13.8. The SMILES string of the molecule is CC(C)(C)c1cc(-c2ccccc2)c(N(c2ccc(-c3ccccc3)cc2)c2cc(Cl)cc(N(c3ccc(-c4ccccc4)cc3)c3c(-c4ccccc4)cc(C(C)(C)C)cc3-c3ccccc3)c2)c(-c2ccccc2)c1. The molecule has 0 amide bonds. The molecule has 0 saturated heterocycles. The predicted octanol–water partition coefficient (Wildman–Crippen LogP) is 21.9. The van der Waals surface area contributed by atoms with Gasteiger partial charge in [-0.2, -0.15) is 0 Å². The summed E-state index contributed by atoms with van der Waals surface area (Å²) in [6, 6.07) is 98.9. The highest BCUT2D eigenvalue weighted by atomic mass is 35.5. The number of nitrogens with zero attached hydrogens (tertiary/aromatic N) is 2. The van der Waals surface area contributed by atoms with Crippen molar-refractivity contribution in [3.05, 3.63) is 289 Å². The van der Waals surface area contributed by atoms with Crippen LogP contribution in [0.5, 0.6) is 0 Å². The first-order valence-corrected chi connectivity index (χ1v) is 27.1. The number of hydrogen-bond acceptors (Lipinski definition) is 2. The summed E-state index contributed by atoms with van der Waals surface area (Å²) in [5.41, 5.74) is 21.7. The van der Waals surface area contributed by atoms with Crippen LogP contribution in [0.3, 0.4) is 0 Å². The lowest BCUT2D eigenvalue weighted by Gasteiger charge is -2.35. The second-order valence-electron chi connectivity index (χ2n) is 22.0. The van der Waals surface area contributed by atoms with Gasteiger partial charge in [0.15, 0.2) is 0 Å². The lowest BCUT2D eigenvalue weighted by atomic mass is 9.81. The molecule has 0 unspecified atom stereocenters. The van der Waals surface area contributed by atoms with Crippen LogP contribution in [-0.2, 0) is 10.8 Å². The first-order valence-electron chi connectivity index (χ1n) is 26.7. The highest BCUT2D eigenvalue weighted by Crippen LogP contribution is 2.53. The zero-order chi connectivity index (χ0) is 53.1. The maximum atomic E-state index is 7.74. The Bertz CT molecular complexity index is 3400. The van der Waals surface area contributed by atoms with Crippen molar-refractivity contribution < 1.29 is 0 Å². The van der Waals surface area contributed by atoms with Gasteiger partial charge in [0, 0.05) is 50.0 Å². The third-order valence-electron chi connectivity index (χ3n) is 14.6. The lowest BCUT2D eigenvalue weighted by Crippen LogP contribution is -2.18. The zero-order valence-electron chi connectivity index (χ0n) is 44.8. The summed E-state index contributed by atoms with van der Waals surface area (Å²) in [7, 11) is 0. The van der Waals surface area contributed by atoms with Crippen LogP contribution in [0.2, 0.25) is 5.02 Å². The molecular formula is C74H63ClN2. The minimum Gasteiger partial charge on any atom is -0.309 e. The normalized spacial score (nSPS) is 11.6. The van der Waals surface area contributed by atoms with Gasteiger partial charge in [0.05, 0.1) is 11.4 Å². The smallest absolute Gasteiger partial charge is 0.0618 e. The van der Waals surface area contributed by atoms with Gasteiger partial charge < -0.3 is 9.80 Å². The van der Waals surface area contributed by atoms with Crippen LogP contribution in [0.25, 0.3) is 66.8 Å². The molecule has 0 saturated carbocycles. The van der Waals surface area contributed by atoms with Crippen molar-refractivity contribution in [2.75, 3.05) is 9.80 Å². The first kappa shape index (κ1) is 50.5. The molecule has 0 heterocycles. The highest BCUT2D eigenvalue weighted by molar-refractivity contribution is 6.31. The van der Waals surface area contributed by atoms with E-state index in [1.807, 2.05) is 0 Å². The standard InChI is InChI=1S/C74H63ClN2/c1-73(2,3)60-45-67(56-29-17-9-18-30-56)71(68(46-60)57-31-19-10-20-32-57)76(63-41-37-54(38-42-63)52-25-13-7-14-26-52)65-49-62(75)50-66(51-65)77(64-43-39-55(40-44-64)53-27-15-8-16-28-53)72-69(58-33-21-11-22-34-58)47-61(74(4,5)6)48-70(72)59-35-23-12-24-36-59/h7-51H,1-6H3. The van der Waals surface area contributed by atoms with E-state index in [0.29, 0.717) is 5.02 Å². The van der Waals surface area contributed by atoms with Gasteiger partial charge in [0.1, 0.15) is 0 Å². The molecule has 0 aromatic heterocycles. The second kappa shape index (κ2) is 21.5. The summed E-state index contributed by atoms with van der Waals surface area (Å²) < 4.78 is 0. The topological polar surface area (TPSA) is 6.48 Å². The Kier molecular flexibility index (Phi) is 14.1. The largest absolute Gasteiger partial charge is 0.309 e. The molecule has 77 heavy (non-hydrogen) atoms. The molecule has 0 radical (unpaired) electrons. The zero-order valence-corrected chi connectivity index (χ0v) is 45.5. The minimum atomic E-state index is -0.150. The van der Waals surface area contributed by atoms with Crippen LogP contribution >= 0.6 is 11.6 Å². The van der Waals surface area contributed by atoms with Gasteiger partial charge in [-0.25, -0.2) is 0 Å². The van der Waals surface area contributed by atoms with E-state index in [4.69, 9.17) is 11.6 Å². The van der Waals surface area contributed by atoms with E-state index in [-0.39, 0.29) is 10.8 Å². The van der Waals surface area contributed by atoms with Crippen LogP contribution in [0.4, 0.5) is 34.1 Å². The van der Waals surface area contributed by atoms with E-state index in [0.717, 1.165) is 101 Å². The molecule has 3 heteroatoms. The number of anilines is 6. The van der Waals surface area contributed by atoms with Crippen molar-refractivity contribution in [1.29, 1.82) is 0 Å². The van der Waals surface area contributed by atoms with Crippen molar-refractivity contribution in [2.24, 2.45) is 0 Å². The van der Waals surface area contributed by atoms with Gasteiger partial charge in [0.2, 0.25) is 0 Å². The first-order chi connectivity index (χ1) is 37.4.